The number of carbonyl (C=O) groups excluding carboxylic acids is 2. The Morgan fingerprint density at radius 1 is 1.07 bits per heavy atom. The van der Waals surface area contributed by atoms with Gasteiger partial charge in [-0.15, -0.1) is 0 Å². The highest BCUT2D eigenvalue weighted by Crippen LogP contribution is 2.35. The maximum absolute atomic E-state index is 12.6. The van der Waals surface area contributed by atoms with E-state index >= 15 is 0 Å². The lowest BCUT2D eigenvalue weighted by molar-refractivity contribution is -0.126. The molecule has 1 saturated heterocycles. The molecule has 29 heavy (non-hydrogen) atoms. The minimum absolute atomic E-state index is 0.0874. The number of hydrogen-bond donors (Lipinski definition) is 1. The summed E-state index contributed by atoms with van der Waals surface area (Å²) in [5.74, 6) is 0.659. The maximum atomic E-state index is 12.6. The number of amides is 2. The van der Waals surface area contributed by atoms with E-state index in [1.54, 1.807) is 17.3 Å². The van der Waals surface area contributed by atoms with Crippen molar-refractivity contribution in [1.29, 1.82) is 0 Å². The van der Waals surface area contributed by atoms with Crippen molar-refractivity contribution in [1.82, 2.24) is 10.3 Å². The Labute approximate surface area is 169 Å². The van der Waals surface area contributed by atoms with Crippen LogP contribution in [0.1, 0.15) is 12.0 Å². The first-order chi connectivity index (χ1) is 14.2. The number of hydrogen-bond acceptors (Lipinski definition) is 4. The van der Waals surface area contributed by atoms with Crippen LogP contribution in [0.15, 0.2) is 79.1 Å². The number of carbonyl (C=O) groups is 2. The van der Waals surface area contributed by atoms with E-state index in [-0.39, 0.29) is 18.2 Å². The van der Waals surface area contributed by atoms with Gasteiger partial charge in [0.1, 0.15) is 5.75 Å². The standard InChI is InChI=1S/C23H21N3O3/c27-22-13-18(23(28)25-15-17-7-6-12-24-14-17)16-26(22)20-10-4-5-11-21(20)29-19-8-2-1-3-9-19/h1-12,14,18H,13,15-16H2,(H,25,28). The van der Waals surface area contributed by atoms with Gasteiger partial charge in [0.2, 0.25) is 11.8 Å². The predicted molar refractivity (Wildman–Crippen MR) is 110 cm³/mol. The largest absolute Gasteiger partial charge is 0.455 e. The zero-order valence-corrected chi connectivity index (χ0v) is 15.8. The molecule has 0 aliphatic carbocycles. The highest BCUT2D eigenvalue weighted by molar-refractivity contribution is 6.01. The van der Waals surface area contributed by atoms with Crippen LogP contribution in [-0.2, 0) is 16.1 Å². The van der Waals surface area contributed by atoms with Crippen LogP contribution >= 0.6 is 0 Å². The van der Waals surface area contributed by atoms with Crippen molar-refractivity contribution >= 4 is 17.5 Å². The second-order valence-electron chi connectivity index (χ2n) is 6.87. The summed E-state index contributed by atoms with van der Waals surface area (Å²) in [6.45, 7) is 0.720. The van der Waals surface area contributed by atoms with Crippen molar-refractivity contribution < 1.29 is 14.3 Å². The van der Waals surface area contributed by atoms with Crippen LogP contribution in [-0.4, -0.2) is 23.3 Å². The van der Waals surface area contributed by atoms with Crippen LogP contribution in [0.25, 0.3) is 0 Å². The summed E-state index contributed by atoms with van der Waals surface area (Å²) in [4.78, 5) is 30.9. The molecule has 146 valence electrons. The molecule has 1 fully saturated rings. The third kappa shape index (κ3) is 4.43. The molecule has 0 saturated carbocycles. The predicted octanol–water partition coefficient (Wildman–Crippen LogP) is 3.54. The van der Waals surface area contributed by atoms with Crippen molar-refractivity contribution in [2.45, 2.75) is 13.0 Å². The average molecular weight is 387 g/mol. The minimum Gasteiger partial charge on any atom is -0.455 e. The SMILES string of the molecule is O=C(NCc1cccnc1)C1CC(=O)N(c2ccccc2Oc2ccccc2)C1. The molecule has 4 rings (SSSR count). The number of nitrogens with one attached hydrogen (secondary N) is 1. The van der Waals surface area contributed by atoms with Crippen LogP contribution < -0.4 is 15.0 Å². The average Bonchev–Trinajstić information content (AvgIpc) is 3.15. The smallest absolute Gasteiger partial charge is 0.227 e. The van der Waals surface area contributed by atoms with E-state index in [9.17, 15) is 9.59 Å². The molecule has 2 amide bonds. The first-order valence-corrected chi connectivity index (χ1v) is 9.49. The fourth-order valence-corrected chi connectivity index (χ4v) is 3.33. The van der Waals surface area contributed by atoms with Crippen molar-refractivity contribution in [2.75, 3.05) is 11.4 Å². The number of nitrogens with zero attached hydrogens (tertiary/aromatic N) is 2. The van der Waals surface area contributed by atoms with Gasteiger partial charge in [0.25, 0.3) is 0 Å². The number of para-hydroxylation sites is 3. The Hall–Kier alpha value is -3.67. The van der Waals surface area contributed by atoms with E-state index in [4.69, 9.17) is 4.74 Å². The topological polar surface area (TPSA) is 71.5 Å². The summed E-state index contributed by atoms with van der Waals surface area (Å²) in [6, 6.07) is 20.5. The Morgan fingerprint density at radius 3 is 2.66 bits per heavy atom. The quantitative estimate of drug-likeness (QED) is 0.702. The maximum Gasteiger partial charge on any atom is 0.227 e. The lowest BCUT2D eigenvalue weighted by Crippen LogP contribution is -2.32. The van der Waals surface area contributed by atoms with Gasteiger partial charge >= 0.3 is 0 Å². The summed E-state index contributed by atoms with van der Waals surface area (Å²) in [6.07, 6.45) is 3.58. The summed E-state index contributed by atoms with van der Waals surface area (Å²) < 4.78 is 5.97. The molecule has 1 aromatic heterocycles. The van der Waals surface area contributed by atoms with E-state index < -0.39 is 5.92 Å². The number of ether oxygens (including phenoxy) is 1. The van der Waals surface area contributed by atoms with Crippen LogP contribution in [0.2, 0.25) is 0 Å². The van der Waals surface area contributed by atoms with Crippen molar-refractivity contribution in [3.05, 3.63) is 84.7 Å². The van der Waals surface area contributed by atoms with Gasteiger partial charge in [0.15, 0.2) is 5.75 Å². The minimum atomic E-state index is -0.399. The Bertz CT molecular complexity index is 993. The monoisotopic (exact) mass is 387 g/mol. The highest BCUT2D eigenvalue weighted by Gasteiger charge is 2.36. The number of rotatable bonds is 6. The van der Waals surface area contributed by atoms with Gasteiger partial charge in [-0.25, -0.2) is 0 Å². The van der Waals surface area contributed by atoms with E-state index in [0.717, 1.165) is 5.56 Å². The van der Waals surface area contributed by atoms with Crippen LogP contribution in [0.5, 0.6) is 11.5 Å². The zero-order valence-electron chi connectivity index (χ0n) is 15.8. The van der Waals surface area contributed by atoms with E-state index in [0.29, 0.717) is 30.3 Å². The normalized spacial score (nSPS) is 15.9. The Morgan fingerprint density at radius 2 is 1.86 bits per heavy atom. The van der Waals surface area contributed by atoms with Crippen LogP contribution in [0.4, 0.5) is 5.69 Å². The van der Waals surface area contributed by atoms with E-state index in [1.165, 1.54) is 0 Å². The summed E-state index contributed by atoms with van der Waals surface area (Å²) >= 11 is 0. The second kappa shape index (κ2) is 8.56. The molecule has 3 aromatic rings. The van der Waals surface area contributed by atoms with Gasteiger partial charge in [-0.05, 0) is 35.9 Å². The fraction of sp³-hybridized carbons (Fsp3) is 0.174. The second-order valence-corrected chi connectivity index (χ2v) is 6.87. The number of pyridine rings is 1. The Balaban J connectivity index is 1.45. The van der Waals surface area contributed by atoms with E-state index in [1.807, 2.05) is 66.7 Å². The van der Waals surface area contributed by atoms with Gasteiger partial charge in [0.05, 0.1) is 11.6 Å². The number of benzene rings is 2. The summed E-state index contributed by atoms with van der Waals surface area (Å²) in [5.41, 5.74) is 1.59. The Kier molecular flexibility index (Phi) is 5.52. The zero-order chi connectivity index (χ0) is 20.1. The molecular formula is C23H21N3O3. The van der Waals surface area contributed by atoms with Crippen LogP contribution in [0, 0.1) is 5.92 Å². The molecular weight excluding hydrogens is 366 g/mol. The first-order valence-electron chi connectivity index (χ1n) is 9.49. The first kappa shape index (κ1) is 18.7. The molecule has 1 atom stereocenters. The molecule has 0 radical (unpaired) electrons. The fourth-order valence-electron chi connectivity index (χ4n) is 3.33. The summed E-state index contributed by atoms with van der Waals surface area (Å²) in [5, 5.41) is 2.90. The van der Waals surface area contributed by atoms with Crippen molar-refractivity contribution in [3.63, 3.8) is 0 Å². The van der Waals surface area contributed by atoms with Crippen molar-refractivity contribution in [3.8, 4) is 11.5 Å². The molecule has 1 aliphatic heterocycles. The van der Waals surface area contributed by atoms with Gasteiger partial charge in [-0.3, -0.25) is 14.6 Å². The lowest BCUT2D eigenvalue weighted by atomic mass is 10.1. The van der Waals surface area contributed by atoms with Crippen LogP contribution in [0.3, 0.4) is 0 Å². The third-order valence-corrected chi connectivity index (χ3v) is 4.81. The molecule has 2 aromatic carbocycles. The van der Waals surface area contributed by atoms with Crippen molar-refractivity contribution in [2.24, 2.45) is 5.92 Å². The van der Waals surface area contributed by atoms with Gasteiger partial charge in [0, 0.05) is 31.9 Å². The molecule has 1 N–H and O–H groups in total. The lowest BCUT2D eigenvalue weighted by Gasteiger charge is -2.20. The molecule has 0 bridgehead atoms. The number of anilines is 1. The molecule has 0 spiro atoms. The highest BCUT2D eigenvalue weighted by atomic mass is 16.5. The molecule has 1 aliphatic rings. The molecule has 6 nitrogen and oxygen atoms in total. The van der Waals surface area contributed by atoms with Gasteiger partial charge in [-0.2, -0.15) is 0 Å². The van der Waals surface area contributed by atoms with Gasteiger partial charge in [-0.1, -0.05) is 36.4 Å². The summed E-state index contributed by atoms with van der Waals surface area (Å²) in [7, 11) is 0. The molecule has 2 heterocycles. The van der Waals surface area contributed by atoms with Gasteiger partial charge < -0.3 is 15.0 Å². The van der Waals surface area contributed by atoms with E-state index in [2.05, 4.69) is 10.3 Å². The number of aromatic nitrogens is 1. The third-order valence-electron chi connectivity index (χ3n) is 4.81. The molecule has 6 heteroatoms. The molecule has 1 unspecified atom stereocenters.